The SMILES string of the molecule is COc1ccccc1C1C(=C(O)c2ccc(C)cc2)C(=O)C(=O)N1c1ccc(C)nn1. The molecule has 1 amide bonds. The first-order chi connectivity index (χ1) is 14.9. The number of ketones is 1. The van der Waals surface area contributed by atoms with Crippen molar-refractivity contribution < 1.29 is 19.4 Å². The Morgan fingerprint density at radius 3 is 2.32 bits per heavy atom. The zero-order chi connectivity index (χ0) is 22.1. The van der Waals surface area contributed by atoms with Crippen molar-refractivity contribution >= 4 is 23.3 Å². The zero-order valence-corrected chi connectivity index (χ0v) is 17.4. The van der Waals surface area contributed by atoms with E-state index >= 15 is 0 Å². The van der Waals surface area contributed by atoms with Gasteiger partial charge >= 0.3 is 5.91 Å². The lowest BCUT2D eigenvalue weighted by Crippen LogP contribution is -2.30. The summed E-state index contributed by atoms with van der Waals surface area (Å²) in [5.74, 6) is -1.14. The molecule has 0 radical (unpaired) electrons. The number of hydrogen-bond acceptors (Lipinski definition) is 6. The summed E-state index contributed by atoms with van der Waals surface area (Å²) in [5.41, 5.74) is 2.65. The average Bonchev–Trinajstić information content (AvgIpc) is 3.05. The third-order valence-electron chi connectivity index (χ3n) is 5.23. The molecule has 7 nitrogen and oxygen atoms in total. The number of rotatable bonds is 4. The molecule has 156 valence electrons. The van der Waals surface area contributed by atoms with Crippen molar-refractivity contribution in [2.45, 2.75) is 19.9 Å². The fraction of sp³-hybridized carbons (Fsp3) is 0.167. The Morgan fingerprint density at radius 1 is 0.968 bits per heavy atom. The van der Waals surface area contributed by atoms with Gasteiger partial charge < -0.3 is 9.84 Å². The number of benzene rings is 2. The number of amides is 1. The molecule has 0 saturated carbocycles. The molecule has 31 heavy (non-hydrogen) atoms. The fourth-order valence-corrected chi connectivity index (χ4v) is 3.64. The lowest BCUT2D eigenvalue weighted by atomic mass is 9.94. The second-order valence-electron chi connectivity index (χ2n) is 7.31. The Hall–Kier alpha value is -4.00. The van der Waals surface area contributed by atoms with Crippen LogP contribution >= 0.6 is 0 Å². The summed E-state index contributed by atoms with van der Waals surface area (Å²) in [6.45, 7) is 3.70. The number of aliphatic hydroxyl groups is 1. The van der Waals surface area contributed by atoms with Crippen LogP contribution in [0.15, 0.2) is 66.2 Å². The van der Waals surface area contributed by atoms with E-state index in [1.807, 2.05) is 19.1 Å². The van der Waals surface area contributed by atoms with Crippen LogP contribution in [-0.2, 0) is 9.59 Å². The van der Waals surface area contributed by atoms with E-state index in [0.29, 0.717) is 22.6 Å². The Balaban J connectivity index is 1.97. The van der Waals surface area contributed by atoms with Gasteiger partial charge in [0.2, 0.25) is 0 Å². The normalized spacial score (nSPS) is 17.8. The van der Waals surface area contributed by atoms with Gasteiger partial charge in [-0.1, -0.05) is 48.0 Å². The first-order valence-electron chi connectivity index (χ1n) is 9.73. The third-order valence-corrected chi connectivity index (χ3v) is 5.23. The molecule has 1 aliphatic rings. The highest BCUT2D eigenvalue weighted by Crippen LogP contribution is 2.44. The highest BCUT2D eigenvalue weighted by molar-refractivity contribution is 6.51. The molecular formula is C24H21N3O4. The van der Waals surface area contributed by atoms with Crippen molar-refractivity contribution in [1.82, 2.24) is 10.2 Å². The molecule has 3 aromatic rings. The summed E-state index contributed by atoms with van der Waals surface area (Å²) in [5, 5.41) is 19.2. The van der Waals surface area contributed by atoms with Crippen molar-refractivity contribution in [2.75, 3.05) is 12.0 Å². The predicted octanol–water partition coefficient (Wildman–Crippen LogP) is 3.73. The second kappa shape index (κ2) is 8.02. The first kappa shape index (κ1) is 20.3. The van der Waals surface area contributed by atoms with Crippen molar-refractivity contribution in [3.8, 4) is 5.75 Å². The molecule has 1 unspecified atom stereocenters. The van der Waals surface area contributed by atoms with Crippen LogP contribution in [0.3, 0.4) is 0 Å². The summed E-state index contributed by atoms with van der Waals surface area (Å²) in [6.07, 6.45) is 0. The number of aromatic nitrogens is 2. The van der Waals surface area contributed by atoms with Crippen LogP contribution in [0.25, 0.3) is 5.76 Å². The number of ether oxygens (including phenoxy) is 1. The number of carbonyl (C=O) groups excluding carboxylic acids is 2. The van der Waals surface area contributed by atoms with E-state index in [1.165, 1.54) is 12.0 Å². The molecule has 0 aliphatic carbocycles. The molecule has 4 rings (SSSR count). The smallest absolute Gasteiger partial charge is 0.301 e. The number of nitrogens with zero attached hydrogens (tertiary/aromatic N) is 3. The quantitative estimate of drug-likeness (QED) is 0.397. The minimum absolute atomic E-state index is 0.0271. The minimum Gasteiger partial charge on any atom is -0.507 e. The number of methoxy groups -OCH3 is 1. The van der Waals surface area contributed by atoms with Crippen LogP contribution in [0.1, 0.15) is 28.4 Å². The number of anilines is 1. The summed E-state index contributed by atoms with van der Waals surface area (Å²) in [6, 6.07) is 16.6. The minimum atomic E-state index is -0.922. The van der Waals surface area contributed by atoms with Crippen LogP contribution in [0, 0.1) is 13.8 Å². The summed E-state index contributed by atoms with van der Waals surface area (Å²) >= 11 is 0. The summed E-state index contributed by atoms with van der Waals surface area (Å²) < 4.78 is 5.49. The van der Waals surface area contributed by atoms with E-state index in [0.717, 1.165) is 5.56 Å². The molecule has 7 heteroatoms. The highest BCUT2D eigenvalue weighted by Gasteiger charge is 2.48. The molecule has 0 spiro atoms. The number of aryl methyl sites for hydroxylation is 2. The second-order valence-corrected chi connectivity index (χ2v) is 7.31. The van der Waals surface area contributed by atoms with Gasteiger partial charge in [-0.15, -0.1) is 5.10 Å². The Bertz CT molecular complexity index is 1180. The van der Waals surface area contributed by atoms with Crippen LogP contribution in [0.4, 0.5) is 5.82 Å². The maximum atomic E-state index is 13.1. The number of aliphatic hydroxyl groups excluding tert-OH is 1. The topological polar surface area (TPSA) is 92.6 Å². The van der Waals surface area contributed by atoms with E-state index < -0.39 is 17.7 Å². The van der Waals surface area contributed by atoms with Crippen molar-refractivity contribution in [3.05, 3.63) is 88.6 Å². The standard InChI is InChI=1S/C24H21N3O4/c1-14-8-11-16(12-9-14)22(28)20-21(17-6-4-5-7-18(17)31-3)27(24(30)23(20)29)19-13-10-15(2)25-26-19/h4-13,21,28H,1-3H3. The van der Waals surface area contributed by atoms with E-state index in [9.17, 15) is 14.7 Å². The van der Waals surface area contributed by atoms with Gasteiger partial charge in [-0.2, -0.15) is 5.10 Å². The lowest BCUT2D eigenvalue weighted by Gasteiger charge is -2.25. The third kappa shape index (κ3) is 3.54. The highest BCUT2D eigenvalue weighted by atomic mass is 16.5. The maximum Gasteiger partial charge on any atom is 0.301 e. The Morgan fingerprint density at radius 2 is 1.68 bits per heavy atom. The first-order valence-corrected chi connectivity index (χ1v) is 9.73. The van der Waals surface area contributed by atoms with Gasteiger partial charge in [0.05, 0.1) is 18.4 Å². The van der Waals surface area contributed by atoms with Crippen molar-refractivity contribution in [1.29, 1.82) is 0 Å². The van der Waals surface area contributed by atoms with Crippen molar-refractivity contribution in [3.63, 3.8) is 0 Å². The van der Waals surface area contributed by atoms with E-state index in [1.54, 1.807) is 55.5 Å². The lowest BCUT2D eigenvalue weighted by molar-refractivity contribution is -0.132. The van der Waals surface area contributed by atoms with Crippen LogP contribution < -0.4 is 9.64 Å². The molecule has 0 bridgehead atoms. The molecule has 1 N–H and O–H groups in total. The number of Topliss-reactive ketones (excluding diaryl/α,β-unsaturated/α-hetero) is 1. The summed E-state index contributed by atoms with van der Waals surface area (Å²) in [7, 11) is 1.51. The van der Waals surface area contributed by atoms with E-state index in [2.05, 4.69) is 10.2 Å². The Labute approximate surface area is 179 Å². The maximum absolute atomic E-state index is 13.1. The van der Waals surface area contributed by atoms with Crippen molar-refractivity contribution in [2.24, 2.45) is 0 Å². The van der Waals surface area contributed by atoms with Gasteiger partial charge in [-0.25, -0.2) is 0 Å². The molecule has 1 saturated heterocycles. The van der Waals surface area contributed by atoms with E-state index in [4.69, 9.17) is 4.74 Å². The molecule has 2 aromatic carbocycles. The molecule has 1 aliphatic heterocycles. The van der Waals surface area contributed by atoms with Gasteiger partial charge in [-0.05, 0) is 32.0 Å². The number of para-hydroxylation sites is 1. The van der Waals surface area contributed by atoms with Gasteiger partial charge in [0.15, 0.2) is 5.82 Å². The fourth-order valence-electron chi connectivity index (χ4n) is 3.64. The zero-order valence-electron chi connectivity index (χ0n) is 17.4. The molecule has 1 aromatic heterocycles. The van der Waals surface area contributed by atoms with Gasteiger partial charge in [0, 0.05) is 11.1 Å². The van der Waals surface area contributed by atoms with Crippen LogP contribution in [0.2, 0.25) is 0 Å². The molecular weight excluding hydrogens is 394 g/mol. The largest absolute Gasteiger partial charge is 0.507 e. The van der Waals surface area contributed by atoms with E-state index in [-0.39, 0.29) is 17.2 Å². The molecule has 2 heterocycles. The Kier molecular flexibility index (Phi) is 5.25. The van der Waals surface area contributed by atoms with Gasteiger partial charge in [-0.3, -0.25) is 14.5 Å². The van der Waals surface area contributed by atoms with Crippen LogP contribution in [0.5, 0.6) is 5.75 Å². The summed E-state index contributed by atoms with van der Waals surface area (Å²) in [4.78, 5) is 27.5. The number of carbonyl (C=O) groups is 2. The average molecular weight is 415 g/mol. The van der Waals surface area contributed by atoms with Crippen LogP contribution in [-0.4, -0.2) is 34.1 Å². The number of hydrogen-bond donors (Lipinski definition) is 1. The van der Waals surface area contributed by atoms with Gasteiger partial charge in [0.1, 0.15) is 17.6 Å². The monoisotopic (exact) mass is 415 g/mol. The predicted molar refractivity (Wildman–Crippen MR) is 116 cm³/mol. The van der Waals surface area contributed by atoms with Gasteiger partial charge in [0.25, 0.3) is 5.78 Å². The molecule has 1 atom stereocenters. The molecule has 1 fully saturated rings.